The van der Waals surface area contributed by atoms with Crippen molar-refractivity contribution in [3.8, 4) is 5.88 Å². The molecule has 0 unspecified atom stereocenters. The van der Waals surface area contributed by atoms with Crippen molar-refractivity contribution in [1.82, 2.24) is 9.97 Å². The summed E-state index contributed by atoms with van der Waals surface area (Å²) in [5.74, 6) is 0.814. The van der Waals surface area contributed by atoms with Gasteiger partial charge in [0.15, 0.2) is 0 Å². The maximum absolute atomic E-state index is 12.0. The fourth-order valence-corrected chi connectivity index (χ4v) is 1.61. The van der Waals surface area contributed by atoms with E-state index in [1.165, 1.54) is 0 Å². The van der Waals surface area contributed by atoms with E-state index in [0.717, 1.165) is 6.42 Å². The molecule has 1 aromatic rings. The number of aryl methyl sites for hydroxylation is 1. The van der Waals surface area contributed by atoms with Crippen LogP contribution in [0.3, 0.4) is 0 Å². The van der Waals surface area contributed by atoms with E-state index in [0.29, 0.717) is 17.8 Å². The number of hydrogen-bond donors (Lipinski definition) is 0. The molecule has 0 fully saturated rings. The standard InChI is InChI=1S/C12H16ClF3N2O/c1-3-5-9-17-10(13)8(2)11(18-9)19-7-4-6-12(14,15)16/h3-7H2,1-2H3. The summed E-state index contributed by atoms with van der Waals surface area (Å²) in [7, 11) is 0. The highest BCUT2D eigenvalue weighted by Crippen LogP contribution is 2.24. The molecule has 0 radical (unpaired) electrons. The van der Waals surface area contributed by atoms with Gasteiger partial charge in [-0.15, -0.1) is 0 Å². The molecule has 1 heterocycles. The van der Waals surface area contributed by atoms with Crippen LogP contribution in [0.5, 0.6) is 5.88 Å². The van der Waals surface area contributed by atoms with Crippen molar-refractivity contribution in [2.75, 3.05) is 6.61 Å². The van der Waals surface area contributed by atoms with Gasteiger partial charge < -0.3 is 4.74 Å². The number of hydrogen-bond acceptors (Lipinski definition) is 3. The lowest BCUT2D eigenvalue weighted by atomic mass is 10.3. The van der Waals surface area contributed by atoms with Crippen molar-refractivity contribution in [1.29, 1.82) is 0 Å². The Labute approximate surface area is 115 Å². The minimum atomic E-state index is -4.16. The van der Waals surface area contributed by atoms with Gasteiger partial charge in [0.2, 0.25) is 5.88 Å². The molecule has 7 heteroatoms. The summed E-state index contributed by atoms with van der Waals surface area (Å²) < 4.78 is 41.2. The molecule has 108 valence electrons. The molecular weight excluding hydrogens is 281 g/mol. The monoisotopic (exact) mass is 296 g/mol. The second-order valence-electron chi connectivity index (χ2n) is 4.18. The molecule has 0 saturated heterocycles. The molecular formula is C12H16ClF3N2O. The first-order valence-electron chi connectivity index (χ1n) is 6.06. The van der Waals surface area contributed by atoms with Gasteiger partial charge in [-0.05, 0) is 19.8 Å². The first kappa shape index (κ1) is 16.0. The van der Waals surface area contributed by atoms with Gasteiger partial charge >= 0.3 is 6.18 Å². The molecule has 3 nitrogen and oxygen atoms in total. The SMILES string of the molecule is CCCc1nc(Cl)c(C)c(OCCCC(F)(F)F)n1. The minimum Gasteiger partial charge on any atom is -0.477 e. The third-order valence-corrected chi connectivity index (χ3v) is 2.77. The molecule has 0 atom stereocenters. The molecule has 0 aliphatic carbocycles. The van der Waals surface area contributed by atoms with Gasteiger partial charge in [-0.1, -0.05) is 18.5 Å². The van der Waals surface area contributed by atoms with E-state index >= 15 is 0 Å². The number of aromatic nitrogens is 2. The highest BCUT2D eigenvalue weighted by atomic mass is 35.5. The summed E-state index contributed by atoms with van der Waals surface area (Å²) >= 11 is 5.93. The van der Waals surface area contributed by atoms with E-state index in [4.69, 9.17) is 16.3 Å². The van der Waals surface area contributed by atoms with E-state index in [9.17, 15) is 13.2 Å². The highest BCUT2D eigenvalue weighted by Gasteiger charge is 2.26. The van der Waals surface area contributed by atoms with Crippen LogP contribution in [0.1, 0.15) is 37.6 Å². The van der Waals surface area contributed by atoms with Gasteiger partial charge in [-0.3, -0.25) is 0 Å². The van der Waals surface area contributed by atoms with Gasteiger partial charge in [0.1, 0.15) is 11.0 Å². The first-order valence-corrected chi connectivity index (χ1v) is 6.44. The Morgan fingerprint density at radius 3 is 2.53 bits per heavy atom. The van der Waals surface area contributed by atoms with E-state index in [1.807, 2.05) is 6.92 Å². The summed E-state index contributed by atoms with van der Waals surface area (Å²) in [6.07, 6.45) is -3.62. The molecule has 0 N–H and O–H groups in total. The van der Waals surface area contributed by atoms with Crippen molar-refractivity contribution in [2.45, 2.75) is 45.7 Å². The van der Waals surface area contributed by atoms with Crippen molar-refractivity contribution < 1.29 is 17.9 Å². The molecule has 19 heavy (non-hydrogen) atoms. The number of nitrogens with zero attached hydrogens (tertiary/aromatic N) is 2. The molecule has 0 amide bonds. The second-order valence-corrected chi connectivity index (χ2v) is 4.54. The van der Waals surface area contributed by atoms with Gasteiger partial charge in [0, 0.05) is 18.4 Å². The van der Waals surface area contributed by atoms with Crippen LogP contribution in [0.15, 0.2) is 0 Å². The third kappa shape index (κ3) is 5.63. The van der Waals surface area contributed by atoms with Crippen molar-refractivity contribution in [3.63, 3.8) is 0 Å². The summed E-state index contributed by atoms with van der Waals surface area (Å²) in [5, 5.41) is 0.282. The maximum atomic E-state index is 12.0. The molecule has 0 saturated carbocycles. The highest BCUT2D eigenvalue weighted by molar-refractivity contribution is 6.30. The minimum absolute atomic E-state index is 0.0424. The molecule has 0 aromatic carbocycles. The largest absolute Gasteiger partial charge is 0.477 e. The van der Waals surface area contributed by atoms with Crippen LogP contribution < -0.4 is 4.74 Å². The smallest absolute Gasteiger partial charge is 0.389 e. The van der Waals surface area contributed by atoms with Crippen molar-refractivity contribution >= 4 is 11.6 Å². The number of ether oxygens (including phenoxy) is 1. The van der Waals surface area contributed by atoms with E-state index in [2.05, 4.69) is 9.97 Å². The van der Waals surface area contributed by atoms with Crippen molar-refractivity contribution in [2.24, 2.45) is 0 Å². The van der Waals surface area contributed by atoms with E-state index < -0.39 is 12.6 Å². The topological polar surface area (TPSA) is 35.0 Å². The van der Waals surface area contributed by atoms with Crippen LogP contribution in [0.25, 0.3) is 0 Å². The Balaban J connectivity index is 2.61. The molecule has 0 aliphatic rings. The molecule has 1 aromatic heterocycles. The normalized spacial score (nSPS) is 11.7. The van der Waals surface area contributed by atoms with Crippen LogP contribution in [0.2, 0.25) is 5.15 Å². The van der Waals surface area contributed by atoms with Gasteiger partial charge in [-0.2, -0.15) is 18.2 Å². The lowest BCUT2D eigenvalue weighted by Crippen LogP contribution is -2.11. The van der Waals surface area contributed by atoms with Crippen LogP contribution in [-0.4, -0.2) is 22.8 Å². The Morgan fingerprint density at radius 1 is 1.26 bits per heavy atom. The lowest BCUT2D eigenvalue weighted by molar-refractivity contribution is -0.136. The van der Waals surface area contributed by atoms with Gasteiger partial charge in [0.25, 0.3) is 0 Å². The Bertz CT molecular complexity index is 424. The third-order valence-electron chi connectivity index (χ3n) is 2.41. The van der Waals surface area contributed by atoms with Gasteiger partial charge in [0.05, 0.1) is 6.61 Å². The molecule has 0 bridgehead atoms. The maximum Gasteiger partial charge on any atom is 0.389 e. The zero-order valence-corrected chi connectivity index (χ0v) is 11.6. The fraction of sp³-hybridized carbons (Fsp3) is 0.667. The first-order chi connectivity index (χ1) is 8.83. The van der Waals surface area contributed by atoms with Crippen molar-refractivity contribution in [3.05, 3.63) is 16.5 Å². The Hall–Kier alpha value is -1.04. The average Bonchev–Trinajstić information content (AvgIpc) is 2.29. The zero-order valence-electron chi connectivity index (χ0n) is 10.9. The Morgan fingerprint density at radius 2 is 1.95 bits per heavy atom. The predicted octanol–water partition coefficient (Wildman–Crippen LogP) is 4.11. The fourth-order valence-electron chi connectivity index (χ4n) is 1.43. The van der Waals surface area contributed by atoms with Crippen LogP contribution in [0, 0.1) is 6.92 Å². The van der Waals surface area contributed by atoms with Crippen LogP contribution in [-0.2, 0) is 6.42 Å². The number of alkyl halides is 3. The van der Waals surface area contributed by atoms with Gasteiger partial charge in [-0.25, -0.2) is 4.98 Å². The zero-order chi connectivity index (χ0) is 14.5. The predicted molar refractivity (Wildman–Crippen MR) is 66.6 cm³/mol. The van der Waals surface area contributed by atoms with E-state index in [1.54, 1.807) is 6.92 Å². The van der Waals surface area contributed by atoms with E-state index in [-0.39, 0.29) is 24.1 Å². The number of halogens is 4. The van der Waals surface area contributed by atoms with Crippen LogP contribution in [0.4, 0.5) is 13.2 Å². The summed E-state index contributed by atoms with van der Waals surface area (Å²) in [5.41, 5.74) is 0.550. The lowest BCUT2D eigenvalue weighted by Gasteiger charge is -2.11. The van der Waals surface area contributed by atoms with Crippen LogP contribution >= 0.6 is 11.6 Å². The summed E-state index contributed by atoms with van der Waals surface area (Å²) in [4.78, 5) is 8.24. The summed E-state index contributed by atoms with van der Waals surface area (Å²) in [6, 6.07) is 0. The quantitative estimate of drug-likeness (QED) is 0.585. The molecule has 0 spiro atoms. The Kier molecular flexibility index (Phi) is 5.85. The second kappa shape index (κ2) is 6.93. The number of rotatable bonds is 6. The molecule has 0 aliphatic heterocycles. The average molecular weight is 297 g/mol. The molecule has 1 rings (SSSR count). The summed E-state index contributed by atoms with van der Waals surface area (Å²) in [6.45, 7) is 3.61.